The van der Waals surface area contributed by atoms with E-state index in [1.807, 2.05) is 7.05 Å². The van der Waals surface area contributed by atoms with Crippen molar-refractivity contribution >= 4 is 11.6 Å². The minimum absolute atomic E-state index is 0.933. The van der Waals surface area contributed by atoms with Gasteiger partial charge in [-0.2, -0.15) is 0 Å². The highest BCUT2D eigenvalue weighted by molar-refractivity contribution is 5.56. The molecule has 4 nitrogen and oxygen atoms in total. The third-order valence-corrected chi connectivity index (χ3v) is 3.36. The Labute approximate surface area is 117 Å². The van der Waals surface area contributed by atoms with Gasteiger partial charge in [-0.1, -0.05) is 46.0 Å². The van der Waals surface area contributed by atoms with Crippen LogP contribution in [0.4, 0.5) is 11.6 Å². The molecule has 1 heterocycles. The van der Waals surface area contributed by atoms with Gasteiger partial charge in [0, 0.05) is 19.2 Å². The first-order valence-corrected chi connectivity index (χ1v) is 7.58. The lowest BCUT2D eigenvalue weighted by atomic mass is 10.1. The molecule has 19 heavy (non-hydrogen) atoms. The van der Waals surface area contributed by atoms with Crippen LogP contribution < -0.4 is 10.6 Å². The van der Waals surface area contributed by atoms with Crippen LogP contribution in [-0.4, -0.2) is 23.6 Å². The Hall–Kier alpha value is -1.32. The van der Waals surface area contributed by atoms with E-state index in [9.17, 15) is 0 Å². The Bertz CT molecular complexity index is 352. The molecule has 0 bridgehead atoms. The number of hydrogen-bond acceptors (Lipinski definition) is 4. The molecule has 0 saturated carbocycles. The summed E-state index contributed by atoms with van der Waals surface area (Å²) in [6.45, 7) is 5.39. The van der Waals surface area contributed by atoms with Crippen molar-refractivity contribution in [1.29, 1.82) is 0 Å². The number of nitrogens with one attached hydrogen (secondary N) is 2. The molecule has 1 aromatic heterocycles. The van der Waals surface area contributed by atoms with Gasteiger partial charge in [-0.15, -0.1) is 0 Å². The van der Waals surface area contributed by atoms with Gasteiger partial charge >= 0.3 is 0 Å². The predicted molar refractivity (Wildman–Crippen MR) is 82.8 cm³/mol. The van der Waals surface area contributed by atoms with E-state index in [0.29, 0.717) is 0 Å². The van der Waals surface area contributed by atoms with Crippen molar-refractivity contribution in [3.05, 3.63) is 11.9 Å². The molecule has 108 valence electrons. The molecule has 0 aliphatic heterocycles. The highest BCUT2D eigenvalue weighted by Crippen LogP contribution is 2.19. The molecular weight excluding hydrogens is 236 g/mol. The normalized spacial score (nSPS) is 10.5. The minimum atomic E-state index is 0.933. The van der Waals surface area contributed by atoms with Gasteiger partial charge in [0.1, 0.15) is 18.0 Å². The molecule has 1 rings (SSSR count). The van der Waals surface area contributed by atoms with Crippen LogP contribution in [-0.2, 0) is 6.42 Å². The van der Waals surface area contributed by atoms with Crippen LogP contribution >= 0.6 is 0 Å². The lowest BCUT2D eigenvalue weighted by Gasteiger charge is -2.12. The van der Waals surface area contributed by atoms with Crippen LogP contribution in [0.25, 0.3) is 0 Å². The number of nitrogens with zero attached hydrogens (tertiary/aromatic N) is 2. The van der Waals surface area contributed by atoms with E-state index in [-0.39, 0.29) is 0 Å². The lowest BCUT2D eigenvalue weighted by molar-refractivity contribution is 0.616. The van der Waals surface area contributed by atoms with Crippen molar-refractivity contribution in [3.8, 4) is 0 Å². The van der Waals surface area contributed by atoms with Crippen molar-refractivity contribution in [1.82, 2.24) is 9.97 Å². The van der Waals surface area contributed by atoms with Gasteiger partial charge in [0.15, 0.2) is 0 Å². The SMILES string of the molecule is CCCCCCCCNc1ncnc(NC)c1CC. The molecule has 0 aliphatic carbocycles. The summed E-state index contributed by atoms with van der Waals surface area (Å²) in [7, 11) is 1.90. The maximum absolute atomic E-state index is 4.34. The first-order valence-electron chi connectivity index (χ1n) is 7.58. The Balaban J connectivity index is 2.33. The summed E-state index contributed by atoms with van der Waals surface area (Å²) >= 11 is 0. The van der Waals surface area contributed by atoms with E-state index in [4.69, 9.17) is 0 Å². The molecule has 0 aliphatic rings. The second kappa shape index (κ2) is 9.59. The van der Waals surface area contributed by atoms with E-state index in [1.54, 1.807) is 6.33 Å². The van der Waals surface area contributed by atoms with Crippen molar-refractivity contribution in [2.75, 3.05) is 24.2 Å². The van der Waals surface area contributed by atoms with Gasteiger partial charge in [0.05, 0.1) is 0 Å². The van der Waals surface area contributed by atoms with Crippen LogP contribution in [0.2, 0.25) is 0 Å². The highest BCUT2D eigenvalue weighted by Gasteiger charge is 2.07. The molecule has 0 atom stereocenters. The largest absolute Gasteiger partial charge is 0.373 e. The molecule has 4 heteroatoms. The quantitative estimate of drug-likeness (QED) is 0.630. The van der Waals surface area contributed by atoms with Crippen LogP contribution in [0, 0.1) is 0 Å². The average molecular weight is 264 g/mol. The van der Waals surface area contributed by atoms with Crippen LogP contribution in [0.5, 0.6) is 0 Å². The average Bonchev–Trinajstić information content (AvgIpc) is 2.45. The van der Waals surface area contributed by atoms with Gasteiger partial charge in [-0.05, 0) is 12.8 Å². The van der Waals surface area contributed by atoms with Crippen molar-refractivity contribution in [3.63, 3.8) is 0 Å². The van der Waals surface area contributed by atoms with Crippen LogP contribution in [0.3, 0.4) is 0 Å². The summed E-state index contributed by atoms with van der Waals surface area (Å²) in [4.78, 5) is 8.59. The molecule has 0 fully saturated rings. The third kappa shape index (κ3) is 5.45. The van der Waals surface area contributed by atoms with E-state index in [1.165, 1.54) is 44.1 Å². The monoisotopic (exact) mass is 264 g/mol. The number of unbranched alkanes of at least 4 members (excludes halogenated alkanes) is 5. The summed E-state index contributed by atoms with van der Waals surface area (Å²) in [6.07, 6.45) is 10.5. The molecule has 0 saturated heterocycles. The summed E-state index contributed by atoms with van der Waals surface area (Å²) in [5.41, 5.74) is 1.18. The molecule has 0 spiro atoms. The van der Waals surface area contributed by atoms with Crippen LogP contribution in [0.15, 0.2) is 6.33 Å². The van der Waals surface area contributed by atoms with Crippen molar-refractivity contribution < 1.29 is 0 Å². The summed E-state index contributed by atoms with van der Waals surface area (Å²) in [5, 5.41) is 6.56. The molecule has 2 N–H and O–H groups in total. The first-order chi connectivity index (χ1) is 9.33. The van der Waals surface area contributed by atoms with Gasteiger partial charge in [-0.25, -0.2) is 9.97 Å². The van der Waals surface area contributed by atoms with Crippen LogP contribution in [0.1, 0.15) is 57.9 Å². The Morgan fingerprint density at radius 3 is 2.32 bits per heavy atom. The van der Waals surface area contributed by atoms with E-state index < -0.39 is 0 Å². The summed E-state index contributed by atoms with van der Waals surface area (Å²) in [6, 6.07) is 0. The minimum Gasteiger partial charge on any atom is -0.373 e. The fourth-order valence-corrected chi connectivity index (χ4v) is 2.23. The summed E-state index contributed by atoms with van der Waals surface area (Å²) in [5.74, 6) is 1.92. The van der Waals surface area contributed by atoms with E-state index in [2.05, 4.69) is 34.4 Å². The van der Waals surface area contributed by atoms with Gasteiger partial charge in [0.25, 0.3) is 0 Å². The van der Waals surface area contributed by atoms with E-state index in [0.717, 1.165) is 24.6 Å². The highest BCUT2D eigenvalue weighted by atomic mass is 15.1. The van der Waals surface area contributed by atoms with Gasteiger partial charge in [0.2, 0.25) is 0 Å². The number of rotatable bonds is 10. The maximum atomic E-state index is 4.34. The zero-order valence-corrected chi connectivity index (χ0v) is 12.6. The van der Waals surface area contributed by atoms with Crippen molar-refractivity contribution in [2.45, 2.75) is 58.8 Å². The topological polar surface area (TPSA) is 49.8 Å². The molecule has 0 radical (unpaired) electrons. The number of aromatic nitrogens is 2. The smallest absolute Gasteiger partial charge is 0.134 e. The second-order valence-electron chi connectivity index (χ2n) is 4.85. The van der Waals surface area contributed by atoms with Gasteiger partial charge in [-0.3, -0.25) is 0 Å². The van der Waals surface area contributed by atoms with E-state index >= 15 is 0 Å². The Morgan fingerprint density at radius 1 is 0.947 bits per heavy atom. The zero-order chi connectivity index (χ0) is 13.9. The first kappa shape index (κ1) is 15.7. The molecule has 1 aromatic rings. The fraction of sp³-hybridized carbons (Fsp3) is 0.733. The number of hydrogen-bond donors (Lipinski definition) is 2. The maximum Gasteiger partial charge on any atom is 0.134 e. The predicted octanol–water partition coefficient (Wildman–Crippen LogP) is 3.85. The molecule has 0 aromatic carbocycles. The fourth-order valence-electron chi connectivity index (χ4n) is 2.23. The molecular formula is C15H28N4. The molecule has 0 amide bonds. The standard InChI is InChI=1S/C15H28N4/c1-4-6-7-8-9-10-11-17-15-13(5-2)14(16-3)18-12-19-15/h12H,4-11H2,1-3H3,(H2,16,17,18,19). The Kier molecular flexibility index (Phi) is 7.94. The number of anilines is 2. The Morgan fingerprint density at radius 2 is 1.63 bits per heavy atom. The van der Waals surface area contributed by atoms with Crippen molar-refractivity contribution in [2.24, 2.45) is 0 Å². The van der Waals surface area contributed by atoms with Gasteiger partial charge < -0.3 is 10.6 Å². The lowest BCUT2D eigenvalue weighted by Crippen LogP contribution is -2.09. The zero-order valence-electron chi connectivity index (χ0n) is 12.6. The second-order valence-corrected chi connectivity index (χ2v) is 4.85. The molecule has 0 unspecified atom stereocenters. The summed E-state index contributed by atoms with van der Waals surface area (Å²) < 4.78 is 0. The third-order valence-electron chi connectivity index (χ3n) is 3.36.